The molecular formula is C35H71NO. The van der Waals surface area contributed by atoms with E-state index in [9.17, 15) is 4.79 Å². The lowest BCUT2D eigenvalue weighted by Crippen LogP contribution is -2.16. The molecule has 0 saturated carbocycles. The molecule has 2 heteroatoms. The Labute approximate surface area is 235 Å². The van der Waals surface area contributed by atoms with Crippen molar-refractivity contribution < 1.29 is 4.79 Å². The first-order chi connectivity index (χ1) is 18.4. The molecule has 0 aliphatic rings. The van der Waals surface area contributed by atoms with E-state index < -0.39 is 0 Å². The van der Waals surface area contributed by atoms with Gasteiger partial charge in [0.15, 0.2) is 0 Å². The van der Waals surface area contributed by atoms with Crippen LogP contribution in [-0.4, -0.2) is 19.4 Å². The second-order valence-corrected chi connectivity index (χ2v) is 12.0. The first kappa shape index (κ1) is 36.6. The van der Waals surface area contributed by atoms with E-state index >= 15 is 0 Å². The number of unbranched alkanes of at least 4 members (excludes halogenated alkanes) is 29. The highest BCUT2D eigenvalue weighted by atomic mass is 16.1. The number of hydrogen-bond donors (Lipinski definition) is 1. The average molecular weight is 522 g/mol. The Morgan fingerprint density at radius 2 is 0.595 bits per heavy atom. The second-order valence-electron chi connectivity index (χ2n) is 12.0. The predicted molar refractivity (Wildman–Crippen MR) is 168 cm³/mol. The molecule has 0 radical (unpaired) electrons. The Balaban J connectivity index is 3.01. The zero-order chi connectivity index (χ0) is 26.7. The molecule has 0 heterocycles. The highest BCUT2D eigenvalue weighted by Crippen LogP contribution is 2.16. The summed E-state index contributed by atoms with van der Waals surface area (Å²) in [6, 6.07) is 0. The third-order valence-corrected chi connectivity index (χ3v) is 8.13. The van der Waals surface area contributed by atoms with Gasteiger partial charge in [-0.3, -0.25) is 0 Å². The lowest BCUT2D eigenvalue weighted by atomic mass is 10.0. The van der Waals surface area contributed by atoms with Gasteiger partial charge in [0.25, 0.3) is 0 Å². The van der Waals surface area contributed by atoms with Crippen LogP contribution in [0.5, 0.6) is 0 Å². The van der Waals surface area contributed by atoms with Crippen LogP contribution in [0.15, 0.2) is 0 Å². The minimum absolute atomic E-state index is 0.701. The first-order valence-corrected chi connectivity index (χ1v) is 17.6. The summed E-state index contributed by atoms with van der Waals surface area (Å²) in [7, 11) is 0. The van der Waals surface area contributed by atoms with Gasteiger partial charge in [-0.2, -0.15) is 0 Å². The normalized spacial score (nSPS) is 11.4. The van der Waals surface area contributed by atoms with Crippen LogP contribution in [0.1, 0.15) is 206 Å². The predicted octanol–water partition coefficient (Wildman–Crippen LogP) is 11.9. The molecule has 37 heavy (non-hydrogen) atoms. The minimum atomic E-state index is 0.701. The van der Waals surface area contributed by atoms with Gasteiger partial charge in [0.1, 0.15) is 6.29 Å². The molecule has 0 aromatic heterocycles. The van der Waals surface area contributed by atoms with Crippen molar-refractivity contribution >= 4 is 6.29 Å². The van der Waals surface area contributed by atoms with Gasteiger partial charge in [0.2, 0.25) is 0 Å². The summed E-state index contributed by atoms with van der Waals surface area (Å²) < 4.78 is 0. The fourth-order valence-electron chi connectivity index (χ4n) is 5.53. The molecule has 0 rings (SSSR count). The maximum absolute atomic E-state index is 10.2. The first-order valence-electron chi connectivity index (χ1n) is 17.6. The lowest BCUT2D eigenvalue weighted by molar-refractivity contribution is -0.107. The topological polar surface area (TPSA) is 29.1 Å². The fourth-order valence-corrected chi connectivity index (χ4v) is 5.53. The van der Waals surface area contributed by atoms with Gasteiger partial charge in [-0.1, -0.05) is 187 Å². The van der Waals surface area contributed by atoms with E-state index in [-0.39, 0.29) is 0 Å². The van der Waals surface area contributed by atoms with Crippen LogP contribution in [0.3, 0.4) is 0 Å². The molecule has 0 spiro atoms. The maximum Gasteiger partial charge on any atom is 0.120 e. The maximum atomic E-state index is 10.2. The van der Waals surface area contributed by atoms with E-state index in [1.807, 2.05) is 0 Å². The summed E-state index contributed by atoms with van der Waals surface area (Å²) in [5.74, 6) is 0. The van der Waals surface area contributed by atoms with Gasteiger partial charge in [-0.05, 0) is 25.9 Å². The summed E-state index contributed by atoms with van der Waals surface area (Å²) in [5.41, 5.74) is 0. The van der Waals surface area contributed by atoms with Crippen LogP contribution in [-0.2, 0) is 4.79 Å². The van der Waals surface area contributed by atoms with Crippen molar-refractivity contribution in [3.05, 3.63) is 0 Å². The molecule has 0 saturated heterocycles. The molecule has 1 N–H and O–H groups in total. The number of carbonyl (C=O) groups excluding carboxylic acids is 1. The third-order valence-electron chi connectivity index (χ3n) is 8.13. The standard InChI is InChI=1S/C35H71NO/c1-2-3-4-5-6-7-8-9-10-11-12-13-14-15-16-17-18-19-20-21-22-23-24-25-26-27-28-29-30-33-36-34-31-32-35-37/h35-36H,2-34H2,1H3. The monoisotopic (exact) mass is 522 g/mol. The molecule has 0 aliphatic carbocycles. The van der Waals surface area contributed by atoms with Crippen LogP contribution in [0.25, 0.3) is 0 Å². The van der Waals surface area contributed by atoms with Crippen LogP contribution < -0.4 is 5.32 Å². The van der Waals surface area contributed by atoms with E-state index in [1.165, 1.54) is 186 Å². The summed E-state index contributed by atoms with van der Waals surface area (Å²) in [4.78, 5) is 10.2. The zero-order valence-corrected chi connectivity index (χ0v) is 25.8. The van der Waals surface area contributed by atoms with Crippen molar-refractivity contribution in [2.24, 2.45) is 0 Å². The van der Waals surface area contributed by atoms with E-state index in [2.05, 4.69) is 12.2 Å². The summed E-state index contributed by atoms with van der Waals surface area (Å²) in [6.45, 7) is 4.43. The largest absolute Gasteiger partial charge is 0.317 e. The van der Waals surface area contributed by atoms with E-state index in [0.29, 0.717) is 6.42 Å². The van der Waals surface area contributed by atoms with Crippen molar-refractivity contribution in [3.8, 4) is 0 Å². The Morgan fingerprint density at radius 3 is 0.865 bits per heavy atom. The molecule has 2 nitrogen and oxygen atoms in total. The number of carbonyl (C=O) groups is 1. The summed E-state index contributed by atoms with van der Waals surface area (Å²) in [5, 5.41) is 3.43. The minimum Gasteiger partial charge on any atom is -0.317 e. The van der Waals surface area contributed by atoms with E-state index in [0.717, 1.165) is 25.8 Å². The van der Waals surface area contributed by atoms with Crippen LogP contribution in [0, 0.1) is 0 Å². The number of hydrogen-bond acceptors (Lipinski definition) is 2. The van der Waals surface area contributed by atoms with Gasteiger partial charge in [0, 0.05) is 6.42 Å². The Hall–Kier alpha value is -0.370. The summed E-state index contributed by atoms with van der Waals surface area (Å²) in [6.07, 6.45) is 44.9. The molecule has 0 fully saturated rings. The average Bonchev–Trinajstić information content (AvgIpc) is 2.91. The highest BCUT2D eigenvalue weighted by molar-refractivity contribution is 5.48. The van der Waals surface area contributed by atoms with Gasteiger partial charge in [-0.15, -0.1) is 0 Å². The molecule has 0 aromatic rings. The Bertz CT molecular complexity index is 397. The summed E-state index contributed by atoms with van der Waals surface area (Å²) >= 11 is 0. The fraction of sp³-hybridized carbons (Fsp3) is 0.971. The number of aldehydes is 1. The van der Waals surface area contributed by atoms with E-state index in [1.54, 1.807) is 0 Å². The molecule has 0 bridgehead atoms. The zero-order valence-electron chi connectivity index (χ0n) is 25.8. The number of rotatable bonds is 34. The van der Waals surface area contributed by atoms with Crippen molar-refractivity contribution in [2.75, 3.05) is 13.1 Å². The number of nitrogens with one attached hydrogen (secondary N) is 1. The van der Waals surface area contributed by atoms with Gasteiger partial charge >= 0.3 is 0 Å². The molecule has 0 amide bonds. The van der Waals surface area contributed by atoms with Crippen molar-refractivity contribution in [1.29, 1.82) is 0 Å². The molecule has 0 aromatic carbocycles. The van der Waals surface area contributed by atoms with Crippen LogP contribution >= 0.6 is 0 Å². The lowest BCUT2D eigenvalue weighted by Gasteiger charge is -2.05. The van der Waals surface area contributed by atoms with Crippen molar-refractivity contribution in [3.63, 3.8) is 0 Å². The Kier molecular flexibility index (Phi) is 35.3. The SMILES string of the molecule is CCCCCCCCCCCCCCCCCCCCCCCCCCCCCCCNCCCC=O. The van der Waals surface area contributed by atoms with Crippen molar-refractivity contribution in [2.45, 2.75) is 206 Å². The quantitative estimate of drug-likeness (QED) is 0.0673. The second kappa shape index (κ2) is 35.6. The smallest absolute Gasteiger partial charge is 0.120 e. The highest BCUT2D eigenvalue weighted by Gasteiger charge is 1.97. The third kappa shape index (κ3) is 35.6. The Morgan fingerprint density at radius 1 is 0.351 bits per heavy atom. The molecule has 0 unspecified atom stereocenters. The molecule has 0 atom stereocenters. The molecule has 222 valence electrons. The van der Waals surface area contributed by atoms with E-state index in [4.69, 9.17) is 0 Å². The molecular weight excluding hydrogens is 450 g/mol. The van der Waals surface area contributed by atoms with Crippen LogP contribution in [0.2, 0.25) is 0 Å². The molecule has 0 aliphatic heterocycles. The van der Waals surface area contributed by atoms with Crippen molar-refractivity contribution in [1.82, 2.24) is 5.32 Å². The van der Waals surface area contributed by atoms with Gasteiger partial charge < -0.3 is 10.1 Å². The van der Waals surface area contributed by atoms with Gasteiger partial charge in [-0.25, -0.2) is 0 Å². The van der Waals surface area contributed by atoms with Crippen LogP contribution in [0.4, 0.5) is 0 Å². The van der Waals surface area contributed by atoms with Gasteiger partial charge in [0.05, 0.1) is 0 Å².